The van der Waals surface area contributed by atoms with Gasteiger partial charge in [-0.3, -0.25) is 0 Å². The third-order valence-electron chi connectivity index (χ3n) is 2.07. The summed E-state index contributed by atoms with van der Waals surface area (Å²) in [5.41, 5.74) is 0. The zero-order valence-corrected chi connectivity index (χ0v) is 10.0. The molecule has 0 amide bonds. The summed E-state index contributed by atoms with van der Waals surface area (Å²) in [6, 6.07) is 5.31. The fourth-order valence-corrected chi connectivity index (χ4v) is 1.77. The second-order valence-corrected chi connectivity index (χ2v) is 3.95. The van der Waals surface area contributed by atoms with Crippen molar-refractivity contribution >= 4 is 23.2 Å². The Kier molecular flexibility index (Phi) is 3.27. The predicted octanol–water partition coefficient (Wildman–Crippen LogP) is 2.67. The highest BCUT2D eigenvalue weighted by atomic mass is 35.5. The molecule has 2 aromatic heterocycles. The summed E-state index contributed by atoms with van der Waals surface area (Å²) in [6.07, 6.45) is 5.20. The van der Waals surface area contributed by atoms with Gasteiger partial charge in [-0.05, 0) is 11.1 Å². The monoisotopic (exact) mass is 255 g/mol. The maximum Gasteiger partial charge on any atom is 0.346 e. The number of ether oxygens (including phenoxy) is 1. The molecule has 82 valence electrons. The van der Waals surface area contributed by atoms with Crippen molar-refractivity contribution in [2.75, 3.05) is 7.11 Å². The summed E-state index contributed by atoms with van der Waals surface area (Å²) >= 11 is 11.8. The molecular weight excluding hydrogens is 247 g/mol. The van der Waals surface area contributed by atoms with Crippen molar-refractivity contribution in [3.8, 4) is 11.6 Å². The molecule has 5 heteroatoms. The predicted molar refractivity (Wildman–Crippen MR) is 62.3 cm³/mol. The number of methoxy groups -OCH3 is 1. The molecule has 2 heterocycles. The van der Waals surface area contributed by atoms with E-state index in [1.165, 1.54) is 0 Å². The number of hydrogen-bond donors (Lipinski definition) is 0. The standard InChI is InChI=1S/C11H9Cl2N2O/c1-16-9-2-4-15(5-3-9)11-10(13)6-8(12)7-14-11/h2-7H,1H3/q+1. The van der Waals surface area contributed by atoms with Gasteiger partial charge in [-0.1, -0.05) is 23.2 Å². The molecule has 0 radical (unpaired) electrons. The Morgan fingerprint density at radius 1 is 1.25 bits per heavy atom. The first kappa shape index (κ1) is 11.2. The minimum Gasteiger partial charge on any atom is -0.496 e. The van der Waals surface area contributed by atoms with Crippen LogP contribution in [0.15, 0.2) is 36.8 Å². The fraction of sp³-hybridized carbons (Fsp3) is 0.0909. The third-order valence-corrected chi connectivity index (χ3v) is 2.55. The van der Waals surface area contributed by atoms with E-state index in [0.29, 0.717) is 15.9 Å². The van der Waals surface area contributed by atoms with E-state index >= 15 is 0 Å². The summed E-state index contributed by atoms with van der Waals surface area (Å²) < 4.78 is 6.86. The van der Waals surface area contributed by atoms with E-state index in [0.717, 1.165) is 5.75 Å². The molecule has 0 unspecified atom stereocenters. The highest BCUT2D eigenvalue weighted by Crippen LogP contribution is 2.18. The SMILES string of the molecule is COc1cc[n+](-c2ncc(Cl)cc2Cl)cc1. The highest BCUT2D eigenvalue weighted by Gasteiger charge is 2.13. The summed E-state index contributed by atoms with van der Waals surface area (Å²) in [5.74, 6) is 1.41. The molecular formula is C11H9Cl2N2O+. The minimum absolute atomic E-state index is 0.502. The number of rotatable bonds is 2. The van der Waals surface area contributed by atoms with Crippen molar-refractivity contribution in [1.29, 1.82) is 0 Å². The largest absolute Gasteiger partial charge is 0.496 e. The van der Waals surface area contributed by atoms with E-state index in [1.54, 1.807) is 23.9 Å². The van der Waals surface area contributed by atoms with Crippen LogP contribution in [0, 0.1) is 0 Å². The molecule has 0 spiro atoms. The van der Waals surface area contributed by atoms with Gasteiger partial charge in [0.2, 0.25) is 0 Å². The first-order valence-electron chi connectivity index (χ1n) is 4.57. The Hall–Kier alpha value is -1.32. The van der Waals surface area contributed by atoms with Crippen LogP contribution in [0.5, 0.6) is 5.75 Å². The molecule has 0 bridgehead atoms. The van der Waals surface area contributed by atoms with Gasteiger partial charge in [0.15, 0.2) is 6.20 Å². The van der Waals surface area contributed by atoms with Crippen molar-refractivity contribution in [3.63, 3.8) is 0 Å². The van der Waals surface area contributed by atoms with E-state index in [1.807, 2.05) is 24.5 Å². The number of pyridine rings is 2. The van der Waals surface area contributed by atoms with Crippen molar-refractivity contribution < 1.29 is 9.30 Å². The van der Waals surface area contributed by atoms with E-state index in [-0.39, 0.29) is 0 Å². The van der Waals surface area contributed by atoms with Gasteiger partial charge in [0.1, 0.15) is 10.8 Å². The lowest BCUT2D eigenvalue weighted by atomic mass is 10.4. The maximum absolute atomic E-state index is 6.04. The molecule has 0 saturated heterocycles. The van der Waals surface area contributed by atoms with E-state index in [9.17, 15) is 0 Å². The van der Waals surface area contributed by atoms with Crippen LogP contribution in [0.1, 0.15) is 0 Å². The highest BCUT2D eigenvalue weighted by molar-refractivity contribution is 6.35. The van der Waals surface area contributed by atoms with E-state index in [2.05, 4.69) is 4.98 Å². The van der Waals surface area contributed by atoms with Gasteiger partial charge in [0.05, 0.1) is 24.5 Å². The lowest BCUT2D eigenvalue weighted by Gasteiger charge is -2.00. The summed E-state index contributed by atoms with van der Waals surface area (Å²) in [5, 5.41) is 1.02. The van der Waals surface area contributed by atoms with E-state index in [4.69, 9.17) is 27.9 Å². The summed E-state index contributed by atoms with van der Waals surface area (Å²) in [6.45, 7) is 0. The van der Waals surface area contributed by atoms with Crippen LogP contribution in [0.25, 0.3) is 5.82 Å². The average Bonchev–Trinajstić information content (AvgIpc) is 2.29. The van der Waals surface area contributed by atoms with E-state index < -0.39 is 0 Å². The lowest BCUT2D eigenvalue weighted by molar-refractivity contribution is -0.599. The first-order valence-corrected chi connectivity index (χ1v) is 5.33. The topological polar surface area (TPSA) is 26.0 Å². The minimum atomic E-state index is 0.502. The van der Waals surface area contributed by atoms with Gasteiger partial charge in [0, 0.05) is 12.1 Å². The molecule has 0 aliphatic rings. The van der Waals surface area contributed by atoms with Crippen LogP contribution in [0.4, 0.5) is 0 Å². The van der Waals surface area contributed by atoms with Crippen molar-refractivity contribution in [1.82, 2.24) is 4.98 Å². The molecule has 2 rings (SSSR count). The average molecular weight is 256 g/mol. The van der Waals surface area contributed by atoms with Gasteiger partial charge in [0.25, 0.3) is 0 Å². The van der Waals surface area contributed by atoms with Crippen LogP contribution in [0.2, 0.25) is 10.0 Å². The Morgan fingerprint density at radius 3 is 2.50 bits per heavy atom. The van der Waals surface area contributed by atoms with Crippen molar-refractivity contribution in [2.24, 2.45) is 0 Å². The summed E-state index contributed by atoms with van der Waals surface area (Å²) in [7, 11) is 1.62. The smallest absolute Gasteiger partial charge is 0.346 e. The first-order chi connectivity index (χ1) is 7.70. The zero-order chi connectivity index (χ0) is 11.5. The molecule has 0 saturated carbocycles. The van der Waals surface area contributed by atoms with Gasteiger partial charge in [-0.2, -0.15) is 0 Å². The normalized spacial score (nSPS) is 10.2. The van der Waals surface area contributed by atoms with Gasteiger partial charge in [-0.15, -0.1) is 0 Å². The Morgan fingerprint density at radius 2 is 1.94 bits per heavy atom. The van der Waals surface area contributed by atoms with Crippen LogP contribution in [0.3, 0.4) is 0 Å². The quantitative estimate of drug-likeness (QED) is 0.772. The van der Waals surface area contributed by atoms with Crippen molar-refractivity contribution in [3.05, 3.63) is 46.8 Å². The molecule has 0 atom stereocenters. The van der Waals surface area contributed by atoms with Gasteiger partial charge in [-0.25, -0.2) is 4.57 Å². The maximum atomic E-state index is 6.04. The molecule has 0 aliphatic heterocycles. The molecule has 3 nitrogen and oxygen atoms in total. The number of hydrogen-bond acceptors (Lipinski definition) is 2. The molecule has 0 fully saturated rings. The molecule has 2 aromatic rings. The Bertz CT molecular complexity index is 500. The Balaban J connectivity index is 2.42. The summed E-state index contributed by atoms with van der Waals surface area (Å²) in [4.78, 5) is 4.16. The molecule has 0 aromatic carbocycles. The molecule has 16 heavy (non-hydrogen) atoms. The Labute approximate surface area is 103 Å². The molecule has 0 N–H and O–H groups in total. The zero-order valence-electron chi connectivity index (χ0n) is 8.52. The second-order valence-electron chi connectivity index (χ2n) is 3.10. The van der Waals surface area contributed by atoms with Crippen molar-refractivity contribution in [2.45, 2.75) is 0 Å². The fourth-order valence-electron chi connectivity index (χ4n) is 1.29. The number of aromatic nitrogens is 2. The van der Waals surface area contributed by atoms with Crippen LogP contribution in [-0.2, 0) is 0 Å². The molecule has 0 aliphatic carbocycles. The van der Waals surface area contributed by atoms with Crippen LogP contribution < -0.4 is 9.30 Å². The number of halogens is 2. The number of nitrogens with zero attached hydrogens (tertiary/aromatic N) is 2. The van der Waals surface area contributed by atoms with Gasteiger partial charge < -0.3 is 4.74 Å². The second kappa shape index (κ2) is 4.68. The third kappa shape index (κ3) is 2.26. The van der Waals surface area contributed by atoms with Crippen LogP contribution >= 0.6 is 23.2 Å². The lowest BCUT2D eigenvalue weighted by Crippen LogP contribution is -2.31. The van der Waals surface area contributed by atoms with Gasteiger partial charge >= 0.3 is 5.82 Å². The van der Waals surface area contributed by atoms with Crippen LogP contribution in [-0.4, -0.2) is 12.1 Å².